The molecule has 2 atom stereocenters. The van der Waals surface area contributed by atoms with Crippen molar-refractivity contribution in [1.82, 2.24) is 4.90 Å². The van der Waals surface area contributed by atoms with Gasteiger partial charge in [0.05, 0.1) is 12.7 Å². The number of carbonyl (C=O) groups excluding carboxylic acids is 1. The summed E-state index contributed by atoms with van der Waals surface area (Å²) in [5.74, 6) is -0.120. The number of rotatable bonds is 5. The van der Waals surface area contributed by atoms with Crippen LogP contribution >= 0.6 is 0 Å². The molecule has 0 heterocycles. The Labute approximate surface area is 102 Å². The van der Waals surface area contributed by atoms with Gasteiger partial charge in [0.15, 0.2) is 0 Å². The standard InChI is InChI=1S/C13H20N2O2/c1-10(12(14)13(16)15(2)3)17-9-11-7-5-4-6-8-11/h4-8,10,12H,9,14H2,1-3H3/t10?,12-/m0/s1. The lowest BCUT2D eigenvalue weighted by molar-refractivity contribution is -0.133. The van der Waals surface area contributed by atoms with Crippen LogP contribution in [0, 0.1) is 0 Å². The van der Waals surface area contributed by atoms with E-state index in [1.54, 1.807) is 14.1 Å². The Hall–Kier alpha value is -1.39. The molecule has 0 spiro atoms. The highest BCUT2D eigenvalue weighted by Crippen LogP contribution is 2.06. The molecule has 0 fully saturated rings. The molecular weight excluding hydrogens is 216 g/mol. The molecule has 0 saturated heterocycles. The maximum atomic E-state index is 11.6. The van der Waals surface area contributed by atoms with Crippen molar-refractivity contribution in [2.24, 2.45) is 5.73 Å². The molecule has 1 aromatic rings. The molecule has 0 saturated carbocycles. The summed E-state index contributed by atoms with van der Waals surface area (Å²) in [5, 5.41) is 0. The second kappa shape index (κ2) is 6.37. The lowest BCUT2D eigenvalue weighted by atomic mass is 10.1. The first-order valence-electron chi connectivity index (χ1n) is 5.64. The number of nitrogens with zero attached hydrogens (tertiary/aromatic N) is 1. The van der Waals surface area contributed by atoms with Gasteiger partial charge in [0.25, 0.3) is 0 Å². The van der Waals surface area contributed by atoms with E-state index in [0.717, 1.165) is 5.56 Å². The van der Waals surface area contributed by atoms with Crippen molar-refractivity contribution >= 4 is 5.91 Å². The third kappa shape index (κ3) is 4.17. The minimum Gasteiger partial charge on any atom is -0.372 e. The van der Waals surface area contributed by atoms with Gasteiger partial charge in [-0.1, -0.05) is 30.3 Å². The Balaban J connectivity index is 2.44. The van der Waals surface area contributed by atoms with Crippen LogP contribution in [0.4, 0.5) is 0 Å². The van der Waals surface area contributed by atoms with E-state index in [9.17, 15) is 4.79 Å². The quantitative estimate of drug-likeness (QED) is 0.830. The van der Waals surface area contributed by atoms with Crippen molar-refractivity contribution in [2.75, 3.05) is 14.1 Å². The van der Waals surface area contributed by atoms with Crippen LogP contribution in [-0.4, -0.2) is 37.0 Å². The molecule has 0 bridgehead atoms. The Morgan fingerprint density at radius 3 is 2.47 bits per heavy atom. The zero-order valence-electron chi connectivity index (χ0n) is 10.6. The highest BCUT2D eigenvalue weighted by Gasteiger charge is 2.22. The van der Waals surface area contributed by atoms with Gasteiger partial charge in [-0.05, 0) is 12.5 Å². The molecule has 1 unspecified atom stereocenters. The highest BCUT2D eigenvalue weighted by molar-refractivity contribution is 5.81. The van der Waals surface area contributed by atoms with E-state index in [4.69, 9.17) is 10.5 Å². The summed E-state index contributed by atoms with van der Waals surface area (Å²) in [6, 6.07) is 9.20. The maximum Gasteiger partial charge on any atom is 0.241 e. The van der Waals surface area contributed by atoms with E-state index >= 15 is 0 Å². The number of nitrogens with two attached hydrogens (primary N) is 1. The average molecular weight is 236 g/mol. The van der Waals surface area contributed by atoms with Crippen LogP contribution in [0.25, 0.3) is 0 Å². The van der Waals surface area contributed by atoms with Gasteiger partial charge >= 0.3 is 0 Å². The smallest absolute Gasteiger partial charge is 0.241 e. The van der Waals surface area contributed by atoms with Gasteiger partial charge in [-0.25, -0.2) is 0 Å². The van der Waals surface area contributed by atoms with Crippen molar-refractivity contribution in [3.05, 3.63) is 35.9 Å². The highest BCUT2D eigenvalue weighted by atomic mass is 16.5. The molecule has 0 aromatic heterocycles. The number of amides is 1. The molecule has 2 N–H and O–H groups in total. The zero-order valence-corrected chi connectivity index (χ0v) is 10.6. The zero-order chi connectivity index (χ0) is 12.8. The minimum atomic E-state index is -0.617. The van der Waals surface area contributed by atoms with E-state index in [-0.39, 0.29) is 12.0 Å². The lowest BCUT2D eigenvalue weighted by Crippen LogP contribution is -2.47. The van der Waals surface area contributed by atoms with Crippen LogP contribution in [-0.2, 0) is 16.1 Å². The van der Waals surface area contributed by atoms with Crippen LogP contribution < -0.4 is 5.73 Å². The molecule has 1 aromatic carbocycles. The summed E-state index contributed by atoms with van der Waals surface area (Å²) < 4.78 is 5.59. The Kier molecular flexibility index (Phi) is 5.12. The fraction of sp³-hybridized carbons (Fsp3) is 0.462. The van der Waals surface area contributed by atoms with E-state index < -0.39 is 6.04 Å². The number of likely N-dealkylation sites (N-methyl/N-ethyl adjacent to an activating group) is 1. The summed E-state index contributed by atoms with van der Waals surface area (Å²) in [6.07, 6.45) is -0.301. The van der Waals surface area contributed by atoms with Crippen molar-refractivity contribution < 1.29 is 9.53 Å². The number of hydrogen-bond donors (Lipinski definition) is 1. The van der Waals surface area contributed by atoms with Crippen LogP contribution in [0.3, 0.4) is 0 Å². The third-order valence-corrected chi connectivity index (χ3v) is 2.59. The number of carbonyl (C=O) groups is 1. The fourth-order valence-electron chi connectivity index (χ4n) is 1.40. The van der Waals surface area contributed by atoms with Gasteiger partial charge in [0.1, 0.15) is 6.04 Å². The van der Waals surface area contributed by atoms with E-state index in [1.807, 2.05) is 37.3 Å². The Morgan fingerprint density at radius 2 is 1.94 bits per heavy atom. The van der Waals surface area contributed by atoms with Crippen molar-refractivity contribution in [3.8, 4) is 0 Å². The topological polar surface area (TPSA) is 55.6 Å². The van der Waals surface area contributed by atoms with Crippen molar-refractivity contribution in [1.29, 1.82) is 0 Å². The van der Waals surface area contributed by atoms with Gasteiger partial charge in [-0.3, -0.25) is 4.79 Å². The summed E-state index contributed by atoms with van der Waals surface area (Å²) in [6.45, 7) is 2.28. The second-order valence-corrected chi connectivity index (χ2v) is 4.26. The molecule has 1 rings (SSSR count). The predicted molar refractivity (Wildman–Crippen MR) is 67.4 cm³/mol. The largest absolute Gasteiger partial charge is 0.372 e. The lowest BCUT2D eigenvalue weighted by Gasteiger charge is -2.22. The monoisotopic (exact) mass is 236 g/mol. The van der Waals surface area contributed by atoms with Gasteiger partial charge in [-0.15, -0.1) is 0 Å². The molecule has 0 radical (unpaired) electrons. The van der Waals surface area contributed by atoms with Gasteiger partial charge in [0.2, 0.25) is 5.91 Å². The van der Waals surface area contributed by atoms with Crippen LogP contribution in [0.5, 0.6) is 0 Å². The normalized spacial score (nSPS) is 14.1. The molecule has 0 aliphatic rings. The molecule has 1 amide bonds. The number of hydrogen-bond acceptors (Lipinski definition) is 3. The second-order valence-electron chi connectivity index (χ2n) is 4.26. The maximum absolute atomic E-state index is 11.6. The SMILES string of the molecule is CC(OCc1ccccc1)[C@H](N)C(=O)N(C)C. The minimum absolute atomic E-state index is 0.120. The third-order valence-electron chi connectivity index (χ3n) is 2.59. The summed E-state index contributed by atoms with van der Waals surface area (Å²) in [4.78, 5) is 13.1. The van der Waals surface area contributed by atoms with Crippen LogP contribution in [0.15, 0.2) is 30.3 Å². The molecule has 94 valence electrons. The molecule has 4 heteroatoms. The van der Waals surface area contributed by atoms with Crippen LogP contribution in [0.1, 0.15) is 12.5 Å². The fourth-order valence-corrected chi connectivity index (χ4v) is 1.40. The van der Waals surface area contributed by atoms with Crippen LogP contribution in [0.2, 0.25) is 0 Å². The first-order chi connectivity index (χ1) is 8.02. The summed E-state index contributed by atoms with van der Waals surface area (Å²) in [5.41, 5.74) is 6.88. The summed E-state index contributed by atoms with van der Waals surface area (Å²) >= 11 is 0. The molecule has 17 heavy (non-hydrogen) atoms. The van der Waals surface area contributed by atoms with Crippen molar-refractivity contribution in [3.63, 3.8) is 0 Å². The summed E-state index contributed by atoms with van der Waals surface area (Å²) in [7, 11) is 3.37. The average Bonchev–Trinajstić information content (AvgIpc) is 2.35. The van der Waals surface area contributed by atoms with Gasteiger partial charge in [0, 0.05) is 14.1 Å². The molecular formula is C13H20N2O2. The number of benzene rings is 1. The molecule has 0 aliphatic heterocycles. The van der Waals surface area contributed by atoms with Crippen molar-refractivity contribution in [2.45, 2.75) is 25.7 Å². The van der Waals surface area contributed by atoms with Gasteiger partial charge in [-0.2, -0.15) is 0 Å². The van der Waals surface area contributed by atoms with Gasteiger partial charge < -0.3 is 15.4 Å². The molecule has 0 aliphatic carbocycles. The van der Waals surface area contributed by atoms with E-state index in [2.05, 4.69) is 0 Å². The van der Waals surface area contributed by atoms with E-state index in [0.29, 0.717) is 6.61 Å². The molecule has 4 nitrogen and oxygen atoms in total. The Morgan fingerprint density at radius 1 is 1.35 bits per heavy atom. The first-order valence-corrected chi connectivity index (χ1v) is 5.64. The van der Waals surface area contributed by atoms with E-state index in [1.165, 1.54) is 4.90 Å². The first kappa shape index (κ1) is 13.7. The Bertz CT molecular complexity index is 352. The number of ether oxygens (including phenoxy) is 1. The predicted octanol–water partition coefficient (Wildman–Crippen LogP) is 1.01.